The molecular weight excluding hydrogens is 713 g/mol. The van der Waals surface area contributed by atoms with Crippen LogP contribution < -0.4 is 4.90 Å². The Morgan fingerprint density at radius 2 is 1.08 bits per heavy atom. The Morgan fingerprint density at radius 3 is 1.80 bits per heavy atom. The minimum absolute atomic E-state index is 0.336. The van der Waals surface area contributed by atoms with E-state index in [4.69, 9.17) is 0 Å². The van der Waals surface area contributed by atoms with E-state index < -0.39 is 0 Å². The van der Waals surface area contributed by atoms with Crippen molar-refractivity contribution < 1.29 is 0 Å². The summed E-state index contributed by atoms with van der Waals surface area (Å²) < 4.78 is 2.44. The Bertz CT molecular complexity index is 3340. The van der Waals surface area contributed by atoms with Crippen LogP contribution in [0.4, 0.5) is 11.4 Å². The number of fused-ring (bicyclic) bond motifs is 6. The van der Waals surface area contributed by atoms with Crippen LogP contribution in [0.3, 0.4) is 0 Å². The molecule has 2 aliphatic rings. The first-order valence-corrected chi connectivity index (χ1v) is 21.0. The summed E-state index contributed by atoms with van der Waals surface area (Å²) in [6, 6.07) is 59.3. The van der Waals surface area contributed by atoms with E-state index in [1.165, 1.54) is 110 Å². The predicted molar refractivity (Wildman–Crippen MR) is 253 cm³/mol. The first kappa shape index (κ1) is 33.9. The number of allylic oxidation sites excluding steroid dienone is 4. The molecule has 0 saturated heterocycles. The Labute approximate surface area is 344 Å². The monoisotopic (exact) mass is 754 g/mol. The van der Waals surface area contributed by atoms with Gasteiger partial charge in [0.25, 0.3) is 0 Å². The average Bonchev–Trinajstić information content (AvgIpc) is 3.66. The highest BCUT2D eigenvalue weighted by Crippen LogP contribution is 2.46. The molecule has 12 rings (SSSR count). The summed E-state index contributed by atoms with van der Waals surface area (Å²) in [4.78, 5) is 2.44. The van der Waals surface area contributed by atoms with Crippen LogP contribution >= 0.6 is 0 Å². The second-order valence-corrected chi connectivity index (χ2v) is 16.3. The lowest BCUT2D eigenvalue weighted by Crippen LogP contribution is -2.18. The average molecular weight is 755 g/mol. The number of hydrogen-bond donors (Lipinski definition) is 0. The molecule has 0 fully saturated rings. The van der Waals surface area contributed by atoms with E-state index in [2.05, 4.69) is 211 Å². The van der Waals surface area contributed by atoms with E-state index in [0.29, 0.717) is 5.92 Å². The van der Waals surface area contributed by atoms with E-state index in [1.807, 2.05) is 0 Å². The van der Waals surface area contributed by atoms with Crippen LogP contribution in [0.25, 0.3) is 88.0 Å². The van der Waals surface area contributed by atoms with Crippen molar-refractivity contribution in [3.63, 3.8) is 0 Å². The maximum Gasteiger partial charge on any atom is 0.0537 e. The van der Waals surface area contributed by atoms with Gasteiger partial charge in [0.05, 0.1) is 5.52 Å². The molecule has 10 aromatic rings. The topological polar surface area (TPSA) is 8.17 Å². The summed E-state index contributed by atoms with van der Waals surface area (Å²) in [5.41, 5.74) is 14.1. The molecule has 0 spiro atoms. The lowest BCUT2D eigenvalue weighted by Gasteiger charge is -2.27. The van der Waals surface area contributed by atoms with Crippen molar-refractivity contribution in [1.29, 1.82) is 0 Å². The molecule has 2 nitrogen and oxygen atoms in total. The second kappa shape index (κ2) is 13.5. The highest BCUT2D eigenvalue weighted by atomic mass is 15.1. The Hall–Kier alpha value is -7.16. The third-order valence-electron chi connectivity index (χ3n) is 13.1. The number of benzene rings is 9. The molecule has 9 aromatic carbocycles. The van der Waals surface area contributed by atoms with E-state index >= 15 is 0 Å². The van der Waals surface area contributed by atoms with E-state index in [-0.39, 0.29) is 0 Å². The smallest absolute Gasteiger partial charge is 0.0537 e. The van der Waals surface area contributed by atoms with Gasteiger partial charge in [-0.1, -0.05) is 159 Å². The van der Waals surface area contributed by atoms with Gasteiger partial charge >= 0.3 is 0 Å². The van der Waals surface area contributed by atoms with Gasteiger partial charge in [-0.25, -0.2) is 0 Å². The lowest BCUT2D eigenvalue weighted by atomic mass is 9.85. The fraction of sp³-hybridized carbons (Fsp3) is 0.0877. The van der Waals surface area contributed by atoms with Gasteiger partial charge in [0, 0.05) is 40.6 Å². The third kappa shape index (κ3) is 5.26. The maximum absolute atomic E-state index is 2.44. The largest absolute Gasteiger partial charge is 0.337 e. The number of aryl methyl sites for hydroxylation is 1. The number of hydrogen-bond acceptors (Lipinski definition) is 1. The summed E-state index contributed by atoms with van der Waals surface area (Å²) in [6.07, 6.45) is 15.7. The Kier molecular flexibility index (Phi) is 7.74. The molecule has 280 valence electrons. The molecular formula is C57H42N2. The van der Waals surface area contributed by atoms with Gasteiger partial charge in [-0.05, 0) is 132 Å². The van der Waals surface area contributed by atoms with Crippen LogP contribution in [0.2, 0.25) is 0 Å². The number of anilines is 2. The highest BCUT2D eigenvalue weighted by molar-refractivity contribution is 6.35. The molecule has 1 atom stereocenters. The van der Waals surface area contributed by atoms with Gasteiger partial charge in [-0.15, -0.1) is 0 Å². The van der Waals surface area contributed by atoms with Gasteiger partial charge in [0.15, 0.2) is 0 Å². The molecule has 0 saturated carbocycles. The molecule has 2 heterocycles. The molecule has 1 aliphatic carbocycles. The summed E-state index contributed by atoms with van der Waals surface area (Å²) in [7, 11) is 0. The predicted octanol–water partition coefficient (Wildman–Crippen LogP) is 15.3. The van der Waals surface area contributed by atoms with Crippen molar-refractivity contribution in [3.8, 4) is 27.9 Å². The van der Waals surface area contributed by atoms with Crippen molar-refractivity contribution in [2.75, 3.05) is 11.4 Å². The fourth-order valence-electron chi connectivity index (χ4n) is 10.3. The van der Waals surface area contributed by atoms with Crippen LogP contribution in [0, 0.1) is 0 Å². The van der Waals surface area contributed by atoms with Gasteiger partial charge in [0.1, 0.15) is 0 Å². The standard InChI is InChI=1S/C57H42N2/c1-37-13-3-2-10-36-58(53-21-7-4-14-42(37)53)40-28-24-38(25-29-40)43-32-34-51-50-20-12-18-48-44(33-35-52(57(48)50)49-19-11-17-47(43)56(49)51)39-26-30-41(31-27-39)59-54-22-8-5-15-45(54)46-16-6-9-23-55(46)59/h2-5,7-15,17-35,37H,6,16,36H2,1H3/b10-2-,13-3-. The van der Waals surface area contributed by atoms with Gasteiger partial charge in [-0.3, -0.25) is 0 Å². The second-order valence-electron chi connectivity index (χ2n) is 16.3. The summed E-state index contributed by atoms with van der Waals surface area (Å²) in [6.45, 7) is 3.09. The van der Waals surface area contributed by atoms with E-state index in [9.17, 15) is 0 Å². The van der Waals surface area contributed by atoms with Crippen LogP contribution in [-0.4, -0.2) is 11.1 Å². The Balaban J connectivity index is 0.947. The molecule has 1 aromatic heterocycles. The number of aromatic nitrogens is 1. The van der Waals surface area contributed by atoms with Gasteiger partial charge in [-0.2, -0.15) is 0 Å². The first-order chi connectivity index (χ1) is 29.2. The van der Waals surface area contributed by atoms with Crippen molar-refractivity contribution in [2.45, 2.75) is 25.7 Å². The number of rotatable bonds is 4. The normalized spacial score (nSPS) is 16.4. The van der Waals surface area contributed by atoms with Gasteiger partial charge in [0.2, 0.25) is 0 Å². The van der Waals surface area contributed by atoms with E-state index in [0.717, 1.165) is 19.4 Å². The first-order valence-electron chi connectivity index (χ1n) is 21.0. The lowest BCUT2D eigenvalue weighted by molar-refractivity contribution is 0.951. The quantitative estimate of drug-likeness (QED) is 0.128. The molecule has 0 bridgehead atoms. The molecule has 1 aliphatic heterocycles. The maximum atomic E-state index is 2.44. The van der Waals surface area contributed by atoms with Crippen LogP contribution in [-0.2, 0) is 6.42 Å². The SMILES string of the molecule is CC1/C=C\C=C/CN(c2ccc(-c3ccc4c5cccc6c(-c7ccc(-n8c9c(c%10ccccc%108)CCC=C9)cc7)ccc(c7cccc3c74)c65)cc2)c2ccccc21. The minimum atomic E-state index is 0.336. The molecule has 0 N–H and O–H groups in total. The number of nitrogens with zero attached hydrogens (tertiary/aromatic N) is 2. The molecule has 0 radical (unpaired) electrons. The third-order valence-corrected chi connectivity index (χ3v) is 13.1. The van der Waals surface area contributed by atoms with Crippen LogP contribution in [0.15, 0.2) is 188 Å². The zero-order chi connectivity index (χ0) is 39.0. The van der Waals surface area contributed by atoms with Crippen molar-refractivity contribution in [3.05, 3.63) is 205 Å². The highest BCUT2D eigenvalue weighted by Gasteiger charge is 2.21. The summed E-state index contributed by atoms with van der Waals surface area (Å²) in [5.74, 6) is 0.336. The van der Waals surface area contributed by atoms with Crippen LogP contribution in [0.1, 0.15) is 36.1 Å². The van der Waals surface area contributed by atoms with Gasteiger partial charge < -0.3 is 9.47 Å². The molecule has 59 heavy (non-hydrogen) atoms. The van der Waals surface area contributed by atoms with Crippen molar-refractivity contribution in [2.24, 2.45) is 0 Å². The summed E-state index contributed by atoms with van der Waals surface area (Å²) >= 11 is 0. The zero-order valence-corrected chi connectivity index (χ0v) is 33.1. The summed E-state index contributed by atoms with van der Waals surface area (Å²) in [5, 5.41) is 11.9. The van der Waals surface area contributed by atoms with Crippen molar-refractivity contribution >= 4 is 71.4 Å². The molecule has 2 heteroatoms. The minimum Gasteiger partial charge on any atom is -0.337 e. The zero-order valence-electron chi connectivity index (χ0n) is 33.1. The number of para-hydroxylation sites is 2. The molecule has 1 unspecified atom stereocenters. The Morgan fingerprint density at radius 1 is 0.492 bits per heavy atom. The van der Waals surface area contributed by atoms with E-state index in [1.54, 1.807) is 0 Å². The van der Waals surface area contributed by atoms with Crippen molar-refractivity contribution in [1.82, 2.24) is 4.57 Å². The fourth-order valence-corrected chi connectivity index (χ4v) is 10.3. The van der Waals surface area contributed by atoms with Crippen LogP contribution in [0.5, 0.6) is 0 Å². The molecule has 0 amide bonds.